The van der Waals surface area contributed by atoms with Crippen LogP contribution >= 0.6 is 0 Å². The van der Waals surface area contributed by atoms with E-state index in [1.165, 1.54) is 37.8 Å². The number of allylic oxidation sites excluding steroid dienone is 4. The Labute approximate surface area is 112 Å². The summed E-state index contributed by atoms with van der Waals surface area (Å²) >= 11 is 0. The molecule has 0 aromatic carbocycles. The van der Waals surface area contributed by atoms with Gasteiger partial charge < -0.3 is 5.32 Å². The molecule has 18 heavy (non-hydrogen) atoms. The van der Waals surface area contributed by atoms with Crippen molar-refractivity contribution in [3.05, 3.63) is 37.1 Å². The first kappa shape index (κ1) is 16.9. The molecule has 0 aromatic heterocycles. The Morgan fingerprint density at radius 2 is 1.78 bits per heavy atom. The Morgan fingerprint density at radius 1 is 1.17 bits per heavy atom. The fraction of sp³-hybridized carbons (Fsp3) is 0.625. The average Bonchev–Trinajstić information content (AvgIpc) is 2.42. The van der Waals surface area contributed by atoms with Gasteiger partial charge in [-0.2, -0.15) is 0 Å². The van der Waals surface area contributed by atoms with Gasteiger partial charge in [0.05, 0.1) is 0 Å². The molecule has 0 aromatic rings. The summed E-state index contributed by atoms with van der Waals surface area (Å²) in [5.74, 6) is 0.877. The lowest BCUT2D eigenvalue weighted by Crippen LogP contribution is -2.28. The van der Waals surface area contributed by atoms with Gasteiger partial charge >= 0.3 is 0 Å². The van der Waals surface area contributed by atoms with Crippen molar-refractivity contribution in [1.82, 2.24) is 5.32 Å². The summed E-state index contributed by atoms with van der Waals surface area (Å²) in [7, 11) is 0. The molecule has 0 bridgehead atoms. The number of hydrogen-bond donors (Lipinski definition) is 1. The molecule has 0 heterocycles. The van der Waals surface area contributed by atoms with Gasteiger partial charge in [-0.25, -0.2) is 4.39 Å². The van der Waals surface area contributed by atoms with Crippen LogP contribution in [0.1, 0.15) is 46.5 Å². The van der Waals surface area contributed by atoms with Crippen molar-refractivity contribution >= 4 is 0 Å². The summed E-state index contributed by atoms with van der Waals surface area (Å²) < 4.78 is 12.7. The maximum atomic E-state index is 12.7. The topological polar surface area (TPSA) is 12.0 Å². The van der Waals surface area contributed by atoms with Crippen LogP contribution in [0.5, 0.6) is 0 Å². The van der Waals surface area contributed by atoms with Gasteiger partial charge in [0.25, 0.3) is 0 Å². The SMILES string of the molecule is C=CC(F)C=C/C=C/NC1CCC(C)CC1.CC. The average molecular weight is 253 g/mol. The van der Waals surface area contributed by atoms with E-state index < -0.39 is 6.17 Å². The van der Waals surface area contributed by atoms with Crippen molar-refractivity contribution < 1.29 is 4.39 Å². The van der Waals surface area contributed by atoms with Crippen LogP contribution in [0.3, 0.4) is 0 Å². The Bertz CT molecular complexity index is 250. The Kier molecular flexibility index (Phi) is 10.4. The molecule has 1 aliphatic carbocycles. The zero-order chi connectivity index (χ0) is 13.8. The molecular formula is C16H28FN. The second-order valence-corrected chi connectivity index (χ2v) is 4.55. The summed E-state index contributed by atoms with van der Waals surface area (Å²) in [6.45, 7) is 9.69. The lowest BCUT2D eigenvalue weighted by molar-refractivity contribution is 0.325. The minimum Gasteiger partial charge on any atom is -0.388 e. The Balaban J connectivity index is 0.00000137. The molecule has 1 aliphatic rings. The first-order valence-electron chi connectivity index (χ1n) is 7.08. The molecule has 1 N–H and O–H groups in total. The lowest BCUT2D eigenvalue weighted by atomic mass is 9.87. The monoisotopic (exact) mass is 253 g/mol. The Hall–Kier alpha value is -1.05. The molecule has 1 unspecified atom stereocenters. The van der Waals surface area contributed by atoms with Crippen molar-refractivity contribution in [3.8, 4) is 0 Å². The number of rotatable bonds is 5. The summed E-state index contributed by atoms with van der Waals surface area (Å²) in [6.07, 6.45) is 12.3. The van der Waals surface area contributed by atoms with Gasteiger partial charge in [0.15, 0.2) is 0 Å². The third-order valence-electron chi connectivity index (χ3n) is 3.08. The van der Waals surface area contributed by atoms with Gasteiger partial charge in [0, 0.05) is 6.04 Å². The van der Waals surface area contributed by atoms with E-state index in [2.05, 4.69) is 18.8 Å². The predicted molar refractivity (Wildman–Crippen MR) is 79.3 cm³/mol. The molecule has 0 radical (unpaired) electrons. The zero-order valence-electron chi connectivity index (χ0n) is 12.0. The molecular weight excluding hydrogens is 225 g/mol. The predicted octanol–water partition coefficient (Wildman–Crippen LogP) is 4.77. The molecule has 0 aliphatic heterocycles. The quantitative estimate of drug-likeness (QED) is 0.549. The molecule has 1 saturated carbocycles. The number of halogens is 1. The van der Waals surface area contributed by atoms with Crippen molar-refractivity contribution in [1.29, 1.82) is 0 Å². The number of hydrogen-bond acceptors (Lipinski definition) is 1. The standard InChI is InChI=1S/C14H22FN.C2H6/c1-3-13(15)6-4-5-11-16-14-9-7-12(2)8-10-14;1-2/h3-6,11-14,16H,1,7-10H2,2H3;1-2H3/b6-4?,11-5+;. The molecule has 0 amide bonds. The molecule has 1 rings (SSSR count). The lowest BCUT2D eigenvalue weighted by Gasteiger charge is -2.26. The molecule has 1 atom stereocenters. The number of nitrogens with one attached hydrogen (secondary N) is 1. The third-order valence-corrected chi connectivity index (χ3v) is 3.08. The van der Waals surface area contributed by atoms with Crippen molar-refractivity contribution in [2.75, 3.05) is 0 Å². The van der Waals surface area contributed by atoms with Crippen LogP contribution in [-0.2, 0) is 0 Å². The molecule has 104 valence electrons. The van der Waals surface area contributed by atoms with Crippen LogP contribution in [0.2, 0.25) is 0 Å². The van der Waals surface area contributed by atoms with Crippen molar-refractivity contribution in [2.24, 2.45) is 5.92 Å². The largest absolute Gasteiger partial charge is 0.388 e. The summed E-state index contributed by atoms with van der Waals surface area (Å²) in [5.41, 5.74) is 0. The highest BCUT2D eigenvalue weighted by Crippen LogP contribution is 2.23. The first-order valence-corrected chi connectivity index (χ1v) is 7.08. The fourth-order valence-electron chi connectivity index (χ4n) is 1.92. The van der Waals surface area contributed by atoms with Crippen LogP contribution < -0.4 is 5.32 Å². The Morgan fingerprint density at radius 3 is 2.33 bits per heavy atom. The van der Waals surface area contributed by atoms with Crippen LogP contribution in [0.4, 0.5) is 4.39 Å². The van der Waals surface area contributed by atoms with E-state index in [1.807, 2.05) is 26.1 Å². The van der Waals surface area contributed by atoms with Gasteiger partial charge in [-0.3, -0.25) is 0 Å². The minimum atomic E-state index is -1.04. The maximum absolute atomic E-state index is 12.7. The second kappa shape index (κ2) is 11.1. The van der Waals surface area contributed by atoms with E-state index in [0.717, 1.165) is 5.92 Å². The molecule has 1 nitrogen and oxygen atoms in total. The first-order chi connectivity index (χ1) is 8.72. The minimum absolute atomic E-state index is 0.599. The van der Waals surface area contributed by atoms with Crippen molar-refractivity contribution in [3.63, 3.8) is 0 Å². The van der Waals surface area contributed by atoms with E-state index in [9.17, 15) is 4.39 Å². The molecule has 2 heteroatoms. The summed E-state index contributed by atoms with van der Waals surface area (Å²) in [4.78, 5) is 0. The van der Waals surface area contributed by atoms with E-state index in [4.69, 9.17) is 0 Å². The zero-order valence-corrected chi connectivity index (χ0v) is 12.0. The number of alkyl halides is 1. The van der Waals surface area contributed by atoms with Crippen molar-refractivity contribution in [2.45, 2.75) is 58.7 Å². The van der Waals surface area contributed by atoms with E-state index >= 15 is 0 Å². The van der Waals surface area contributed by atoms with Crippen LogP contribution in [0, 0.1) is 5.92 Å². The molecule has 0 spiro atoms. The van der Waals surface area contributed by atoms with Crippen LogP contribution in [0.15, 0.2) is 37.1 Å². The van der Waals surface area contributed by atoms with E-state index in [0.29, 0.717) is 6.04 Å². The van der Waals surface area contributed by atoms with Crippen LogP contribution in [-0.4, -0.2) is 12.2 Å². The van der Waals surface area contributed by atoms with Crippen LogP contribution in [0.25, 0.3) is 0 Å². The molecule has 1 fully saturated rings. The second-order valence-electron chi connectivity index (χ2n) is 4.55. The smallest absolute Gasteiger partial charge is 0.137 e. The maximum Gasteiger partial charge on any atom is 0.137 e. The molecule has 0 saturated heterocycles. The fourth-order valence-corrected chi connectivity index (χ4v) is 1.92. The van der Waals surface area contributed by atoms with E-state index in [-0.39, 0.29) is 0 Å². The normalized spacial score (nSPS) is 25.6. The van der Waals surface area contributed by atoms with Gasteiger partial charge in [0.2, 0.25) is 0 Å². The van der Waals surface area contributed by atoms with Gasteiger partial charge in [-0.05, 0) is 50.0 Å². The van der Waals surface area contributed by atoms with Gasteiger partial charge in [0.1, 0.15) is 6.17 Å². The highest BCUT2D eigenvalue weighted by Gasteiger charge is 2.16. The highest BCUT2D eigenvalue weighted by atomic mass is 19.1. The summed E-state index contributed by atoms with van der Waals surface area (Å²) in [5, 5.41) is 3.35. The third kappa shape index (κ3) is 8.10. The van der Waals surface area contributed by atoms with Gasteiger partial charge in [-0.15, -0.1) is 0 Å². The summed E-state index contributed by atoms with van der Waals surface area (Å²) in [6, 6.07) is 0.599. The van der Waals surface area contributed by atoms with Gasteiger partial charge in [-0.1, -0.05) is 39.5 Å². The van der Waals surface area contributed by atoms with E-state index in [1.54, 1.807) is 6.08 Å². The highest BCUT2D eigenvalue weighted by molar-refractivity contribution is 5.08.